The molecule has 5 rings (SSSR count). The average molecular weight is 505 g/mol. The van der Waals surface area contributed by atoms with E-state index < -0.39 is 0 Å². The molecule has 186 valence electrons. The van der Waals surface area contributed by atoms with Gasteiger partial charge in [0.1, 0.15) is 16.4 Å². The Bertz CT molecular complexity index is 1370. The van der Waals surface area contributed by atoms with E-state index in [2.05, 4.69) is 37.7 Å². The van der Waals surface area contributed by atoms with Crippen molar-refractivity contribution in [1.29, 1.82) is 0 Å². The summed E-state index contributed by atoms with van der Waals surface area (Å²) in [5.74, 6) is 0.748. The lowest BCUT2D eigenvalue weighted by atomic mass is 10.1. The monoisotopic (exact) mass is 504 g/mol. The van der Waals surface area contributed by atoms with E-state index in [9.17, 15) is 9.59 Å². The normalized spacial score (nSPS) is 14.1. The van der Waals surface area contributed by atoms with Crippen LogP contribution >= 0.6 is 11.3 Å². The number of thiophene rings is 1. The zero-order valence-electron chi connectivity index (χ0n) is 20.2. The Hall–Kier alpha value is -3.89. The summed E-state index contributed by atoms with van der Waals surface area (Å²) in [6.45, 7) is 4.35. The number of nitrogens with zero attached hydrogens (tertiary/aromatic N) is 3. The number of amides is 2. The van der Waals surface area contributed by atoms with Crippen LogP contribution in [0, 0.1) is 0 Å². The van der Waals surface area contributed by atoms with E-state index in [1.807, 2.05) is 48.5 Å². The lowest BCUT2D eigenvalue weighted by Crippen LogP contribution is -2.44. The summed E-state index contributed by atoms with van der Waals surface area (Å²) in [7, 11) is 3.73. The Morgan fingerprint density at radius 3 is 2.56 bits per heavy atom. The maximum Gasteiger partial charge on any atom is 0.261 e. The fourth-order valence-corrected chi connectivity index (χ4v) is 5.12. The van der Waals surface area contributed by atoms with Crippen molar-refractivity contribution in [2.45, 2.75) is 6.54 Å². The minimum absolute atomic E-state index is 0.208. The molecule has 0 bridgehead atoms. The molecule has 2 amide bonds. The summed E-state index contributed by atoms with van der Waals surface area (Å²) in [5.41, 5.74) is 2.56. The SMILES string of the molecule is COc1ccccc1CNC(=O)c1cc2c(NC(=O)c3ccc(N4CCN(C)CC4)cc3)[nH]nc2s1. The molecular weight excluding hydrogens is 476 g/mol. The van der Waals surface area contributed by atoms with Gasteiger partial charge in [-0.1, -0.05) is 18.2 Å². The van der Waals surface area contributed by atoms with Crippen molar-refractivity contribution < 1.29 is 14.3 Å². The molecule has 3 N–H and O–H groups in total. The van der Waals surface area contributed by atoms with Crippen molar-refractivity contribution in [3.05, 3.63) is 70.6 Å². The summed E-state index contributed by atoms with van der Waals surface area (Å²) in [5, 5.41) is 13.6. The number of para-hydroxylation sites is 1. The number of ether oxygens (including phenoxy) is 1. The van der Waals surface area contributed by atoms with Crippen LogP contribution in [0.5, 0.6) is 5.75 Å². The van der Waals surface area contributed by atoms with E-state index >= 15 is 0 Å². The van der Waals surface area contributed by atoms with E-state index in [1.54, 1.807) is 13.2 Å². The zero-order valence-corrected chi connectivity index (χ0v) is 21.0. The number of piperazine rings is 1. The molecule has 1 aliphatic heterocycles. The summed E-state index contributed by atoms with van der Waals surface area (Å²) >= 11 is 1.27. The number of aromatic nitrogens is 2. The third-order valence-corrected chi connectivity index (χ3v) is 7.37. The second-order valence-corrected chi connectivity index (χ2v) is 9.74. The van der Waals surface area contributed by atoms with Crippen molar-refractivity contribution in [2.24, 2.45) is 0 Å². The van der Waals surface area contributed by atoms with Crippen LogP contribution in [0.15, 0.2) is 54.6 Å². The topological polar surface area (TPSA) is 103 Å². The van der Waals surface area contributed by atoms with Gasteiger partial charge in [0.05, 0.1) is 17.4 Å². The van der Waals surface area contributed by atoms with Crippen molar-refractivity contribution in [2.75, 3.05) is 50.6 Å². The van der Waals surface area contributed by atoms with Crippen molar-refractivity contribution in [1.82, 2.24) is 20.4 Å². The van der Waals surface area contributed by atoms with Gasteiger partial charge in [-0.05, 0) is 43.4 Å². The molecule has 0 radical (unpaired) electrons. The van der Waals surface area contributed by atoms with E-state index in [1.165, 1.54) is 11.3 Å². The Morgan fingerprint density at radius 2 is 1.81 bits per heavy atom. The first-order chi connectivity index (χ1) is 17.5. The number of aromatic amines is 1. The lowest BCUT2D eigenvalue weighted by molar-refractivity contribution is 0.0954. The molecule has 2 aromatic heterocycles. The maximum atomic E-state index is 12.9. The number of benzene rings is 2. The van der Waals surface area contributed by atoms with Gasteiger partial charge in [-0.3, -0.25) is 14.7 Å². The quantitative estimate of drug-likeness (QED) is 0.356. The Balaban J connectivity index is 1.23. The molecule has 1 fully saturated rings. The summed E-state index contributed by atoms with van der Waals surface area (Å²) in [6, 6.07) is 16.9. The van der Waals surface area contributed by atoms with E-state index in [0.717, 1.165) is 43.2 Å². The Morgan fingerprint density at radius 1 is 1.06 bits per heavy atom. The minimum Gasteiger partial charge on any atom is -0.496 e. The van der Waals surface area contributed by atoms with Gasteiger partial charge in [-0.25, -0.2) is 0 Å². The fourth-order valence-electron chi connectivity index (χ4n) is 4.20. The predicted octanol–water partition coefficient (Wildman–Crippen LogP) is 3.57. The summed E-state index contributed by atoms with van der Waals surface area (Å²) < 4.78 is 5.34. The highest BCUT2D eigenvalue weighted by atomic mass is 32.1. The molecular formula is C26H28N6O3S. The van der Waals surface area contributed by atoms with Crippen LogP contribution in [-0.4, -0.2) is 67.2 Å². The van der Waals surface area contributed by atoms with Crippen LogP contribution in [0.25, 0.3) is 10.2 Å². The van der Waals surface area contributed by atoms with Crippen molar-refractivity contribution in [3.63, 3.8) is 0 Å². The van der Waals surface area contributed by atoms with Gasteiger partial charge in [0.25, 0.3) is 11.8 Å². The van der Waals surface area contributed by atoms with E-state index in [-0.39, 0.29) is 11.8 Å². The molecule has 4 aromatic rings. The van der Waals surface area contributed by atoms with Crippen molar-refractivity contribution >= 4 is 44.9 Å². The van der Waals surface area contributed by atoms with Gasteiger partial charge in [0.2, 0.25) is 0 Å². The maximum absolute atomic E-state index is 12.9. The fraction of sp³-hybridized carbons (Fsp3) is 0.269. The highest BCUT2D eigenvalue weighted by Gasteiger charge is 2.18. The molecule has 1 saturated heterocycles. The van der Waals surface area contributed by atoms with Crippen LogP contribution in [0.2, 0.25) is 0 Å². The molecule has 0 aliphatic carbocycles. The number of likely N-dealkylation sites (N-methyl/N-ethyl adjacent to an activating group) is 1. The number of carbonyl (C=O) groups is 2. The number of rotatable bonds is 7. The molecule has 10 heteroatoms. The standard InChI is InChI=1S/C26H28N6O3S/c1-31-11-13-32(14-12-31)19-9-7-17(8-10-19)24(33)28-23-20-15-22(36-26(20)30-29-23)25(34)27-16-18-5-3-4-6-21(18)35-2/h3-10,15H,11-14,16H2,1-2H3,(H,27,34)(H2,28,29,30,33). The molecule has 36 heavy (non-hydrogen) atoms. The van der Waals surface area contributed by atoms with Gasteiger partial charge in [0.15, 0.2) is 0 Å². The average Bonchev–Trinajstić information content (AvgIpc) is 3.50. The molecule has 3 heterocycles. The Kier molecular flexibility index (Phi) is 6.88. The van der Waals surface area contributed by atoms with Crippen LogP contribution in [0.4, 0.5) is 11.5 Å². The molecule has 0 spiro atoms. The molecule has 1 aliphatic rings. The first kappa shape index (κ1) is 23.8. The summed E-state index contributed by atoms with van der Waals surface area (Å²) in [4.78, 5) is 31.4. The van der Waals surface area contributed by atoms with Crippen LogP contribution < -0.4 is 20.3 Å². The number of hydrogen-bond donors (Lipinski definition) is 3. The number of anilines is 2. The van der Waals surface area contributed by atoms with Crippen molar-refractivity contribution in [3.8, 4) is 5.75 Å². The minimum atomic E-state index is -0.237. The van der Waals surface area contributed by atoms with Gasteiger partial charge < -0.3 is 25.2 Å². The van der Waals surface area contributed by atoms with Gasteiger partial charge in [-0.15, -0.1) is 11.3 Å². The highest BCUT2D eigenvalue weighted by Crippen LogP contribution is 2.30. The lowest BCUT2D eigenvalue weighted by Gasteiger charge is -2.34. The largest absolute Gasteiger partial charge is 0.496 e. The highest BCUT2D eigenvalue weighted by molar-refractivity contribution is 7.20. The number of methoxy groups -OCH3 is 1. The smallest absolute Gasteiger partial charge is 0.261 e. The van der Waals surface area contributed by atoms with Gasteiger partial charge in [0, 0.05) is 49.5 Å². The van der Waals surface area contributed by atoms with E-state index in [0.29, 0.717) is 33.0 Å². The molecule has 9 nitrogen and oxygen atoms in total. The van der Waals surface area contributed by atoms with Gasteiger partial charge in [-0.2, -0.15) is 5.10 Å². The predicted molar refractivity (Wildman–Crippen MR) is 142 cm³/mol. The van der Waals surface area contributed by atoms with Crippen LogP contribution in [-0.2, 0) is 6.54 Å². The van der Waals surface area contributed by atoms with E-state index in [4.69, 9.17) is 4.74 Å². The molecule has 0 atom stereocenters. The number of carbonyl (C=O) groups excluding carboxylic acids is 2. The molecule has 0 saturated carbocycles. The second kappa shape index (κ2) is 10.4. The third-order valence-electron chi connectivity index (χ3n) is 6.34. The molecule has 0 unspecified atom stereocenters. The number of hydrogen-bond acceptors (Lipinski definition) is 7. The second-order valence-electron chi connectivity index (χ2n) is 8.71. The number of fused-ring (bicyclic) bond motifs is 1. The third kappa shape index (κ3) is 5.05. The van der Waals surface area contributed by atoms with Crippen LogP contribution in [0.1, 0.15) is 25.6 Å². The number of nitrogens with one attached hydrogen (secondary N) is 3. The zero-order chi connectivity index (χ0) is 25.1. The molecule has 2 aromatic carbocycles. The first-order valence-corrected chi connectivity index (χ1v) is 12.6. The number of H-pyrrole nitrogens is 1. The Labute approximate surface area is 213 Å². The first-order valence-electron chi connectivity index (χ1n) is 11.7. The van der Waals surface area contributed by atoms with Gasteiger partial charge >= 0.3 is 0 Å². The van der Waals surface area contributed by atoms with Crippen LogP contribution in [0.3, 0.4) is 0 Å². The summed E-state index contributed by atoms with van der Waals surface area (Å²) in [6.07, 6.45) is 0.